The van der Waals surface area contributed by atoms with E-state index in [0.717, 1.165) is 32.1 Å². The molecule has 0 bridgehead atoms. The van der Waals surface area contributed by atoms with Crippen LogP contribution in [0.4, 0.5) is 0 Å². The van der Waals surface area contributed by atoms with Crippen LogP contribution in [0.2, 0.25) is 0 Å². The molecule has 5 heteroatoms. The van der Waals surface area contributed by atoms with Crippen LogP contribution in [-0.2, 0) is 4.79 Å². The molecule has 0 radical (unpaired) electrons. The van der Waals surface area contributed by atoms with E-state index in [1.54, 1.807) is 6.08 Å². The van der Waals surface area contributed by atoms with Crippen LogP contribution in [0.1, 0.15) is 200 Å². The van der Waals surface area contributed by atoms with Crippen molar-refractivity contribution in [3.63, 3.8) is 0 Å². The van der Waals surface area contributed by atoms with E-state index in [-0.39, 0.29) is 6.61 Å². The number of allylic oxidation sites excluding steroid dienone is 1. The van der Waals surface area contributed by atoms with Crippen molar-refractivity contribution in [2.45, 2.75) is 218 Å². The van der Waals surface area contributed by atoms with Crippen molar-refractivity contribution in [3.8, 4) is 0 Å². The van der Waals surface area contributed by atoms with Crippen LogP contribution in [0.25, 0.3) is 0 Å². The summed E-state index contributed by atoms with van der Waals surface area (Å²) in [6.45, 7) is 4.17. The minimum Gasteiger partial charge on any atom is -0.394 e. The largest absolute Gasteiger partial charge is 0.394 e. The molecule has 0 aliphatic heterocycles. The Morgan fingerprint density at radius 3 is 1.28 bits per heavy atom. The third-order valence-corrected chi connectivity index (χ3v) is 8.88. The van der Waals surface area contributed by atoms with Crippen LogP contribution in [0.3, 0.4) is 0 Å². The van der Waals surface area contributed by atoms with Crippen molar-refractivity contribution < 1.29 is 20.1 Å². The minimum atomic E-state index is -1.09. The van der Waals surface area contributed by atoms with Crippen molar-refractivity contribution in [2.24, 2.45) is 0 Å². The summed E-state index contributed by atoms with van der Waals surface area (Å²) in [5, 5.41) is 32.9. The molecule has 0 aromatic heterocycles. The highest BCUT2D eigenvalue weighted by Gasteiger charge is 2.22. The summed E-state index contributed by atoms with van der Waals surface area (Å²) in [4.78, 5) is 12.4. The average molecular weight is 610 g/mol. The Bertz CT molecular complexity index is 596. The normalized spacial score (nSPS) is 13.9. The van der Waals surface area contributed by atoms with Gasteiger partial charge in [-0.2, -0.15) is 0 Å². The molecule has 0 fully saturated rings. The third kappa shape index (κ3) is 29.6. The maximum Gasteiger partial charge on any atom is 0.249 e. The molecule has 0 aromatic rings. The third-order valence-electron chi connectivity index (χ3n) is 8.88. The number of carbonyl (C=O) groups is 1. The number of aliphatic hydroxyl groups excluding tert-OH is 3. The molecule has 3 unspecified atom stereocenters. The average Bonchev–Trinajstić information content (AvgIpc) is 3.01. The molecule has 0 spiro atoms. The van der Waals surface area contributed by atoms with Crippen LogP contribution >= 0.6 is 0 Å². The number of unbranched alkanes of at least 4 members (excludes halogenated alkanes) is 26. The van der Waals surface area contributed by atoms with E-state index in [0.29, 0.717) is 6.42 Å². The van der Waals surface area contributed by atoms with E-state index in [1.165, 1.54) is 148 Å². The summed E-state index contributed by atoms with van der Waals surface area (Å²) in [6, 6.07) is -0.790. The lowest BCUT2D eigenvalue weighted by Gasteiger charge is -2.21. The molecule has 3 atom stereocenters. The van der Waals surface area contributed by atoms with E-state index in [2.05, 4.69) is 19.2 Å². The highest BCUT2D eigenvalue weighted by molar-refractivity contribution is 5.80. The van der Waals surface area contributed by atoms with E-state index in [1.807, 2.05) is 6.08 Å². The number of hydrogen-bond acceptors (Lipinski definition) is 4. The fourth-order valence-corrected chi connectivity index (χ4v) is 5.83. The van der Waals surface area contributed by atoms with Gasteiger partial charge in [-0.1, -0.05) is 193 Å². The molecular formula is C38H75NO4. The molecule has 43 heavy (non-hydrogen) atoms. The van der Waals surface area contributed by atoms with Crippen molar-refractivity contribution in [3.05, 3.63) is 12.2 Å². The molecular weight excluding hydrogens is 534 g/mol. The second-order valence-corrected chi connectivity index (χ2v) is 13.1. The Morgan fingerprint density at radius 1 is 0.558 bits per heavy atom. The molecule has 4 N–H and O–H groups in total. The van der Waals surface area contributed by atoms with Gasteiger partial charge >= 0.3 is 0 Å². The smallest absolute Gasteiger partial charge is 0.249 e. The highest BCUT2D eigenvalue weighted by atomic mass is 16.3. The van der Waals surface area contributed by atoms with E-state index < -0.39 is 24.2 Å². The quantitative estimate of drug-likeness (QED) is 0.0432. The molecule has 0 saturated carbocycles. The summed E-state index contributed by atoms with van der Waals surface area (Å²) < 4.78 is 0. The standard InChI is InChI=1S/C38H75NO4/c1-3-5-7-9-11-13-15-17-18-19-20-21-23-25-27-29-31-33-37(42)38(43)39-35(34-40)36(41)32-30-28-26-24-22-16-14-12-10-8-6-4-2/h30,32,35-37,40-42H,3-29,31,33-34H2,1-2H3,(H,39,43)/b32-30+. The van der Waals surface area contributed by atoms with Crippen molar-refractivity contribution in [2.75, 3.05) is 6.61 Å². The Hall–Kier alpha value is -0.910. The van der Waals surface area contributed by atoms with Crippen LogP contribution in [0, 0.1) is 0 Å². The fraction of sp³-hybridized carbons (Fsp3) is 0.921. The summed E-state index contributed by atoms with van der Waals surface area (Å²) in [6.07, 6.45) is 38.0. The lowest BCUT2D eigenvalue weighted by molar-refractivity contribution is -0.131. The summed E-state index contributed by atoms with van der Waals surface area (Å²) >= 11 is 0. The monoisotopic (exact) mass is 610 g/mol. The molecule has 0 aliphatic rings. The highest BCUT2D eigenvalue weighted by Crippen LogP contribution is 2.15. The van der Waals surface area contributed by atoms with Gasteiger partial charge in [0.1, 0.15) is 6.10 Å². The van der Waals surface area contributed by atoms with Crippen LogP contribution in [0.15, 0.2) is 12.2 Å². The van der Waals surface area contributed by atoms with Crippen LogP contribution in [0.5, 0.6) is 0 Å². The van der Waals surface area contributed by atoms with Gasteiger partial charge in [0, 0.05) is 0 Å². The lowest BCUT2D eigenvalue weighted by Crippen LogP contribution is -2.48. The predicted molar refractivity (Wildman–Crippen MR) is 185 cm³/mol. The number of rotatable bonds is 34. The number of aliphatic hydroxyl groups is 3. The second-order valence-electron chi connectivity index (χ2n) is 13.1. The van der Waals surface area contributed by atoms with Gasteiger partial charge in [0.25, 0.3) is 0 Å². The van der Waals surface area contributed by atoms with Gasteiger partial charge in [-0.15, -0.1) is 0 Å². The van der Waals surface area contributed by atoms with Gasteiger partial charge in [0.05, 0.1) is 18.8 Å². The summed E-state index contributed by atoms with van der Waals surface area (Å²) in [7, 11) is 0. The molecule has 1 amide bonds. The predicted octanol–water partition coefficient (Wildman–Crippen LogP) is 10.1. The maximum absolute atomic E-state index is 12.4. The molecule has 256 valence electrons. The molecule has 0 aliphatic carbocycles. The molecule has 0 rings (SSSR count). The van der Waals surface area contributed by atoms with E-state index in [9.17, 15) is 20.1 Å². The lowest BCUT2D eigenvalue weighted by atomic mass is 10.0. The van der Waals surface area contributed by atoms with Gasteiger partial charge in [-0.05, 0) is 19.3 Å². The Balaban J connectivity index is 3.69. The molecule has 5 nitrogen and oxygen atoms in total. The first-order chi connectivity index (χ1) is 21.1. The van der Waals surface area contributed by atoms with Gasteiger partial charge in [-0.3, -0.25) is 4.79 Å². The first-order valence-electron chi connectivity index (χ1n) is 19.0. The number of carbonyl (C=O) groups excluding carboxylic acids is 1. The SMILES string of the molecule is CCCCCCCCCCCC/C=C/C(O)C(CO)NC(=O)C(O)CCCCCCCCCCCCCCCCCCC. The zero-order valence-corrected chi connectivity index (χ0v) is 28.8. The van der Waals surface area contributed by atoms with Crippen LogP contribution < -0.4 is 5.32 Å². The number of nitrogens with one attached hydrogen (secondary N) is 1. The maximum atomic E-state index is 12.4. The summed E-state index contributed by atoms with van der Waals surface area (Å²) in [5.74, 6) is -0.502. The number of hydrogen-bond donors (Lipinski definition) is 4. The Labute approximate surface area is 268 Å². The topological polar surface area (TPSA) is 89.8 Å². The van der Waals surface area contributed by atoms with E-state index >= 15 is 0 Å². The van der Waals surface area contributed by atoms with Crippen molar-refractivity contribution in [1.82, 2.24) is 5.32 Å². The van der Waals surface area contributed by atoms with Crippen molar-refractivity contribution >= 4 is 5.91 Å². The second kappa shape index (κ2) is 34.0. The van der Waals surface area contributed by atoms with Gasteiger partial charge in [-0.25, -0.2) is 0 Å². The Morgan fingerprint density at radius 2 is 0.907 bits per heavy atom. The van der Waals surface area contributed by atoms with Crippen LogP contribution in [-0.4, -0.2) is 46.1 Å². The fourth-order valence-electron chi connectivity index (χ4n) is 5.83. The molecule has 0 heterocycles. The molecule has 0 aromatic carbocycles. The minimum absolute atomic E-state index is 0.360. The molecule has 0 saturated heterocycles. The van der Waals surface area contributed by atoms with E-state index in [4.69, 9.17) is 0 Å². The summed E-state index contributed by atoms with van der Waals surface area (Å²) in [5.41, 5.74) is 0. The van der Waals surface area contributed by atoms with Gasteiger partial charge < -0.3 is 20.6 Å². The first-order valence-corrected chi connectivity index (χ1v) is 19.0. The first kappa shape index (κ1) is 42.1. The Kier molecular flexibility index (Phi) is 33.3. The number of amides is 1. The zero-order valence-electron chi connectivity index (χ0n) is 28.8. The zero-order chi connectivity index (χ0) is 31.6. The van der Waals surface area contributed by atoms with Gasteiger partial charge in [0.2, 0.25) is 5.91 Å². The van der Waals surface area contributed by atoms with Gasteiger partial charge in [0.15, 0.2) is 0 Å². The van der Waals surface area contributed by atoms with Crippen molar-refractivity contribution in [1.29, 1.82) is 0 Å².